The second-order valence-electron chi connectivity index (χ2n) is 5.46. The summed E-state index contributed by atoms with van der Waals surface area (Å²) >= 11 is 0. The summed E-state index contributed by atoms with van der Waals surface area (Å²) in [5.74, 6) is -0.389. The number of oxime groups is 1. The summed E-state index contributed by atoms with van der Waals surface area (Å²) < 4.78 is 18.0. The number of benzene rings is 1. The van der Waals surface area contributed by atoms with Gasteiger partial charge in [-0.25, -0.2) is 9.02 Å². The summed E-state index contributed by atoms with van der Waals surface area (Å²) in [5, 5.41) is 28.2. The minimum Gasteiger partial charge on any atom is -0.409 e. The van der Waals surface area contributed by atoms with Crippen LogP contribution in [0.3, 0.4) is 0 Å². The second-order valence-corrected chi connectivity index (χ2v) is 5.46. The van der Waals surface area contributed by atoms with Crippen molar-refractivity contribution in [3.63, 3.8) is 0 Å². The highest BCUT2D eigenvalue weighted by molar-refractivity contribution is 6.01. The molecule has 0 saturated heterocycles. The van der Waals surface area contributed by atoms with Crippen LogP contribution < -0.4 is 16.0 Å². The van der Waals surface area contributed by atoms with Gasteiger partial charge in [-0.1, -0.05) is 11.2 Å². The topological polar surface area (TPSA) is 125 Å². The number of hydrogen-bond acceptors (Lipinski definition) is 7. The van der Waals surface area contributed by atoms with Crippen LogP contribution in [0.4, 0.5) is 10.2 Å². The first-order chi connectivity index (χ1) is 12.1. The van der Waals surface area contributed by atoms with E-state index in [-0.39, 0.29) is 41.7 Å². The van der Waals surface area contributed by atoms with E-state index in [0.717, 1.165) is 11.1 Å². The molecule has 0 fully saturated rings. The third-order valence-corrected chi connectivity index (χ3v) is 3.82. The lowest BCUT2D eigenvalue weighted by atomic mass is 9.83. The maximum atomic E-state index is 13.4. The quantitative estimate of drug-likeness (QED) is 0.263. The van der Waals surface area contributed by atoms with E-state index in [2.05, 4.69) is 36.0 Å². The predicted octanol–water partition coefficient (Wildman–Crippen LogP) is 0.779. The van der Waals surface area contributed by atoms with Crippen LogP contribution in [-0.4, -0.2) is 40.4 Å². The van der Waals surface area contributed by atoms with Crippen molar-refractivity contribution in [2.45, 2.75) is 19.4 Å². The molecule has 1 amide bonds. The van der Waals surface area contributed by atoms with Crippen molar-refractivity contribution in [3.05, 3.63) is 40.8 Å². The number of halogens is 1. The number of nitrogens with one attached hydrogen (secondary N) is 3. The van der Waals surface area contributed by atoms with Crippen molar-refractivity contribution < 1.29 is 19.0 Å². The van der Waals surface area contributed by atoms with Gasteiger partial charge >= 0.3 is 0 Å². The predicted molar refractivity (Wildman–Crippen MR) is 85.8 cm³/mol. The van der Waals surface area contributed by atoms with E-state index in [4.69, 9.17) is 0 Å². The lowest BCUT2D eigenvalue weighted by molar-refractivity contribution is -0.119. The van der Waals surface area contributed by atoms with E-state index in [0.29, 0.717) is 13.0 Å². The van der Waals surface area contributed by atoms with Crippen LogP contribution in [0, 0.1) is 5.82 Å². The van der Waals surface area contributed by atoms with Crippen LogP contribution in [0.25, 0.3) is 0 Å². The zero-order valence-corrected chi connectivity index (χ0v) is 13.4. The fourth-order valence-electron chi connectivity index (χ4n) is 2.60. The maximum absolute atomic E-state index is 13.4. The Hall–Kier alpha value is -3.17. The summed E-state index contributed by atoms with van der Waals surface area (Å²) in [7, 11) is 0. The van der Waals surface area contributed by atoms with Gasteiger partial charge in [-0.3, -0.25) is 4.79 Å². The van der Waals surface area contributed by atoms with Crippen LogP contribution in [0.5, 0.6) is 0 Å². The van der Waals surface area contributed by atoms with Crippen molar-refractivity contribution in [1.29, 1.82) is 0 Å². The number of hydrogen-bond donors (Lipinski definition) is 4. The van der Waals surface area contributed by atoms with Crippen LogP contribution in [0.2, 0.25) is 0 Å². The van der Waals surface area contributed by atoms with Crippen LogP contribution in [0.15, 0.2) is 28.0 Å². The molecule has 25 heavy (non-hydrogen) atoms. The standard InChI is InChI=1S/C15H17FN6O3/c1-2-17-12(23)7-18-14-13(21-25-22-14)15(20-24)19-11-5-8-3-4-9(16)6-10(8)11/h3-4,6,11,24H,2,5,7H2,1H3,(H,17,23)(H,18,22)(H,19,20)/t11-/m1/s1. The van der Waals surface area contributed by atoms with Gasteiger partial charge in [-0.2, -0.15) is 0 Å². The van der Waals surface area contributed by atoms with Crippen molar-refractivity contribution in [3.8, 4) is 0 Å². The van der Waals surface area contributed by atoms with Gasteiger partial charge in [-0.05, 0) is 46.9 Å². The molecule has 132 valence electrons. The van der Waals surface area contributed by atoms with Gasteiger partial charge in [0.05, 0.1) is 12.6 Å². The zero-order chi connectivity index (χ0) is 17.8. The number of anilines is 1. The second kappa shape index (κ2) is 7.16. The molecular weight excluding hydrogens is 331 g/mol. The first-order valence-electron chi connectivity index (χ1n) is 7.72. The number of carbonyl (C=O) groups excluding carboxylic acids is 1. The molecule has 0 saturated carbocycles. The van der Waals surface area contributed by atoms with E-state index in [1.165, 1.54) is 12.1 Å². The van der Waals surface area contributed by atoms with Crippen molar-refractivity contribution >= 4 is 17.6 Å². The molecule has 1 aromatic carbocycles. The van der Waals surface area contributed by atoms with Gasteiger partial charge in [0.2, 0.25) is 11.7 Å². The number of fused-ring (bicyclic) bond motifs is 1. The lowest BCUT2D eigenvalue weighted by Crippen LogP contribution is -2.37. The number of likely N-dealkylation sites (N-methyl/N-ethyl adjacent to an activating group) is 1. The fourth-order valence-corrected chi connectivity index (χ4v) is 2.60. The zero-order valence-electron chi connectivity index (χ0n) is 13.4. The summed E-state index contributed by atoms with van der Waals surface area (Å²) in [4.78, 5) is 11.5. The largest absolute Gasteiger partial charge is 0.409 e. The molecule has 1 heterocycles. The van der Waals surface area contributed by atoms with Crippen molar-refractivity contribution in [1.82, 2.24) is 20.9 Å². The number of rotatable bonds is 6. The maximum Gasteiger partial charge on any atom is 0.239 e. The van der Waals surface area contributed by atoms with E-state index >= 15 is 0 Å². The molecule has 2 aromatic rings. The van der Waals surface area contributed by atoms with Gasteiger partial charge in [0, 0.05) is 6.54 Å². The van der Waals surface area contributed by atoms with Crippen molar-refractivity contribution in [2.24, 2.45) is 5.16 Å². The number of amidine groups is 1. The van der Waals surface area contributed by atoms with Crippen LogP contribution in [0.1, 0.15) is 29.8 Å². The third-order valence-electron chi connectivity index (χ3n) is 3.82. The molecule has 3 rings (SSSR count). The summed E-state index contributed by atoms with van der Waals surface area (Å²) in [6, 6.07) is 4.33. The van der Waals surface area contributed by atoms with E-state index in [1.807, 2.05) is 0 Å². The lowest BCUT2D eigenvalue weighted by Gasteiger charge is -2.31. The summed E-state index contributed by atoms with van der Waals surface area (Å²) in [6.07, 6.45) is 0.654. The molecule has 1 aliphatic carbocycles. The molecule has 0 aliphatic heterocycles. The summed E-state index contributed by atoms with van der Waals surface area (Å²) in [5.41, 5.74) is 1.93. The average Bonchev–Trinajstić information content (AvgIpc) is 3.05. The normalized spacial score (nSPS) is 15.9. The Labute approximate surface area is 142 Å². The SMILES string of the molecule is CCNC(=O)CNc1nonc1/C(=N\O)N[C@@H]1Cc2ccc(F)cc21. The molecule has 0 unspecified atom stereocenters. The van der Waals surface area contributed by atoms with Gasteiger partial charge in [0.15, 0.2) is 11.5 Å². The Morgan fingerprint density at radius 1 is 1.48 bits per heavy atom. The molecular formula is C15H17FN6O3. The van der Waals surface area contributed by atoms with E-state index < -0.39 is 0 Å². The molecule has 4 N–H and O–H groups in total. The molecule has 1 aliphatic rings. The van der Waals surface area contributed by atoms with Gasteiger partial charge in [-0.15, -0.1) is 0 Å². The van der Waals surface area contributed by atoms with Gasteiger partial charge in [0.1, 0.15) is 5.82 Å². The van der Waals surface area contributed by atoms with Crippen LogP contribution >= 0.6 is 0 Å². The average molecular weight is 348 g/mol. The highest BCUT2D eigenvalue weighted by Gasteiger charge is 2.29. The van der Waals surface area contributed by atoms with Gasteiger partial charge < -0.3 is 21.2 Å². The third kappa shape index (κ3) is 3.52. The smallest absolute Gasteiger partial charge is 0.239 e. The highest BCUT2D eigenvalue weighted by atomic mass is 19.1. The fraction of sp³-hybridized carbons (Fsp3) is 0.333. The molecule has 1 atom stereocenters. The van der Waals surface area contributed by atoms with Gasteiger partial charge in [0.25, 0.3) is 0 Å². The highest BCUT2D eigenvalue weighted by Crippen LogP contribution is 2.33. The first kappa shape index (κ1) is 16.7. The number of carbonyl (C=O) groups is 1. The monoisotopic (exact) mass is 348 g/mol. The Bertz CT molecular complexity index is 806. The molecule has 10 heteroatoms. The molecule has 0 radical (unpaired) electrons. The minimum absolute atomic E-state index is 0.0135. The molecule has 0 spiro atoms. The Morgan fingerprint density at radius 3 is 3.08 bits per heavy atom. The van der Waals surface area contributed by atoms with E-state index in [1.54, 1.807) is 13.0 Å². The number of aromatic nitrogens is 2. The number of amides is 1. The molecule has 0 bridgehead atoms. The molecule has 9 nitrogen and oxygen atoms in total. The Balaban J connectivity index is 1.69. The van der Waals surface area contributed by atoms with Crippen LogP contribution in [-0.2, 0) is 11.2 Å². The first-order valence-corrected chi connectivity index (χ1v) is 7.72. The number of nitrogens with zero attached hydrogens (tertiary/aromatic N) is 3. The Morgan fingerprint density at radius 2 is 2.32 bits per heavy atom. The Kier molecular flexibility index (Phi) is 4.78. The molecule has 1 aromatic heterocycles. The minimum atomic E-state index is -0.333. The summed E-state index contributed by atoms with van der Waals surface area (Å²) in [6.45, 7) is 2.28. The van der Waals surface area contributed by atoms with E-state index in [9.17, 15) is 14.4 Å². The van der Waals surface area contributed by atoms with Crippen molar-refractivity contribution in [2.75, 3.05) is 18.4 Å².